The fourth-order valence-corrected chi connectivity index (χ4v) is 2.73. The van der Waals surface area contributed by atoms with Crippen LogP contribution in [0.2, 0.25) is 0 Å². The monoisotopic (exact) mass is 306 g/mol. The number of hydrogen-bond acceptors (Lipinski definition) is 4. The van der Waals surface area contributed by atoms with Gasteiger partial charge < -0.3 is 15.8 Å². The highest BCUT2D eigenvalue weighted by Crippen LogP contribution is 2.34. The molecule has 0 aliphatic rings. The van der Waals surface area contributed by atoms with Gasteiger partial charge in [-0.2, -0.15) is 0 Å². The van der Waals surface area contributed by atoms with E-state index in [2.05, 4.69) is 21.2 Å². The van der Waals surface area contributed by atoms with Crippen LogP contribution in [0, 0.1) is 0 Å². The SMILES string of the molecule is COc1cc(C(=O)NCCCCN)sc1Br. The van der Waals surface area contributed by atoms with Crippen LogP contribution in [0.1, 0.15) is 22.5 Å². The highest BCUT2D eigenvalue weighted by Gasteiger charge is 2.12. The minimum Gasteiger partial charge on any atom is -0.495 e. The lowest BCUT2D eigenvalue weighted by Crippen LogP contribution is -2.23. The number of unbranched alkanes of at least 4 members (excludes halogenated alkanes) is 1. The molecule has 0 radical (unpaired) electrons. The average molecular weight is 307 g/mol. The van der Waals surface area contributed by atoms with Crippen LogP contribution in [0.3, 0.4) is 0 Å². The number of nitrogens with one attached hydrogen (secondary N) is 1. The van der Waals surface area contributed by atoms with E-state index in [1.54, 1.807) is 13.2 Å². The Labute approximate surface area is 107 Å². The van der Waals surface area contributed by atoms with Crippen molar-refractivity contribution in [3.8, 4) is 5.75 Å². The van der Waals surface area contributed by atoms with E-state index in [9.17, 15) is 4.79 Å². The molecule has 0 fully saturated rings. The molecule has 1 aromatic rings. The van der Waals surface area contributed by atoms with Crippen LogP contribution < -0.4 is 15.8 Å². The van der Waals surface area contributed by atoms with Crippen molar-refractivity contribution in [1.29, 1.82) is 0 Å². The summed E-state index contributed by atoms with van der Waals surface area (Å²) in [5, 5.41) is 2.84. The van der Waals surface area contributed by atoms with Crippen molar-refractivity contribution in [2.24, 2.45) is 5.73 Å². The number of thiophene rings is 1. The summed E-state index contributed by atoms with van der Waals surface area (Å²) in [6.07, 6.45) is 1.84. The lowest BCUT2D eigenvalue weighted by molar-refractivity contribution is 0.0957. The Bertz CT molecular complexity index is 355. The van der Waals surface area contributed by atoms with Gasteiger partial charge in [0.2, 0.25) is 0 Å². The largest absolute Gasteiger partial charge is 0.495 e. The Morgan fingerprint density at radius 2 is 2.38 bits per heavy atom. The van der Waals surface area contributed by atoms with Crippen LogP contribution in [0.15, 0.2) is 9.85 Å². The molecular weight excluding hydrogens is 292 g/mol. The van der Waals surface area contributed by atoms with Gasteiger partial charge in [-0.3, -0.25) is 4.79 Å². The van der Waals surface area contributed by atoms with E-state index in [0.29, 0.717) is 23.7 Å². The molecular formula is C10H15BrN2O2S. The third kappa shape index (κ3) is 3.77. The quantitative estimate of drug-likeness (QED) is 0.790. The third-order valence-corrected chi connectivity index (χ3v) is 3.80. The molecule has 6 heteroatoms. The molecule has 1 aromatic heterocycles. The highest BCUT2D eigenvalue weighted by atomic mass is 79.9. The first-order valence-electron chi connectivity index (χ1n) is 5.00. The zero-order chi connectivity index (χ0) is 12.0. The van der Waals surface area contributed by atoms with Crippen LogP contribution in [-0.2, 0) is 0 Å². The summed E-state index contributed by atoms with van der Waals surface area (Å²) < 4.78 is 5.92. The predicted octanol–water partition coefficient (Wildman–Crippen LogP) is 1.99. The molecule has 0 spiro atoms. The molecule has 1 heterocycles. The van der Waals surface area contributed by atoms with Gasteiger partial charge in [0.05, 0.1) is 12.0 Å². The normalized spacial score (nSPS) is 10.2. The van der Waals surface area contributed by atoms with Crippen LogP contribution in [-0.4, -0.2) is 26.1 Å². The number of rotatable bonds is 6. The van der Waals surface area contributed by atoms with E-state index in [1.807, 2.05) is 0 Å². The number of amides is 1. The first-order valence-corrected chi connectivity index (χ1v) is 6.61. The van der Waals surface area contributed by atoms with Crippen LogP contribution in [0.5, 0.6) is 5.75 Å². The number of halogens is 1. The molecule has 3 N–H and O–H groups in total. The van der Waals surface area contributed by atoms with Gasteiger partial charge >= 0.3 is 0 Å². The molecule has 0 aliphatic heterocycles. The lowest BCUT2D eigenvalue weighted by Gasteiger charge is -2.01. The maximum absolute atomic E-state index is 11.7. The molecule has 0 bridgehead atoms. The van der Waals surface area contributed by atoms with Crippen molar-refractivity contribution in [3.63, 3.8) is 0 Å². The van der Waals surface area contributed by atoms with E-state index in [-0.39, 0.29) is 5.91 Å². The summed E-state index contributed by atoms with van der Waals surface area (Å²) in [7, 11) is 1.58. The Hall–Kier alpha value is -0.590. The van der Waals surface area contributed by atoms with Crippen molar-refractivity contribution in [1.82, 2.24) is 5.32 Å². The standard InChI is InChI=1S/C10H15BrN2O2S/c1-15-7-6-8(16-9(7)11)10(14)13-5-3-2-4-12/h6H,2-5,12H2,1H3,(H,13,14). The van der Waals surface area contributed by atoms with Gasteiger partial charge in [-0.1, -0.05) is 0 Å². The molecule has 1 rings (SSSR count). The zero-order valence-corrected chi connectivity index (χ0v) is 11.5. The second kappa shape index (κ2) is 6.88. The summed E-state index contributed by atoms with van der Waals surface area (Å²) in [5.41, 5.74) is 5.36. The second-order valence-electron chi connectivity index (χ2n) is 3.20. The van der Waals surface area contributed by atoms with E-state index >= 15 is 0 Å². The highest BCUT2D eigenvalue weighted by molar-refractivity contribution is 9.11. The summed E-state index contributed by atoms with van der Waals surface area (Å²) >= 11 is 4.70. The van der Waals surface area contributed by atoms with Crippen LogP contribution >= 0.6 is 27.3 Å². The van der Waals surface area contributed by atoms with Crippen molar-refractivity contribution >= 4 is 33.2 Å². The number of ether oxygens (including phenoxy) is 1. The Kier molecular flexibility index (Phi) is 5.79. The van der Waals surface area contributed by atoms with E-state index in [0.717, 1.165) is 16.6 Å². The van der Waals surface area contributed by atoms with Gasteiger partial charge in [0.25, 0.3) is 5.91 Å². The fraction of sp³-hybridized carbons (Fsp3) is 0.500. The molecule has 90 valence electrons. The number of hydrogen-bond donors (Lipinski definition) is 2. The Morgan fingerprint density at radius 1 is 1.62 bits per heavy atom. The van der Waals surface area contributed by atoms with E-state index < -0.39 is 0 Å². The lowest BCUT2D eigenvalue weighted by atomic mass is 10.3. The van der Waals surface area contributed by atoms with Gasteiger partial charge in [0.15, 0.2) is 0 Å². The molecule has 0 saturated heterocycles. The Balaban J connectivity index is 2.46. The summed E-state index contributed by atoms with van der Waals surface area (Å²) in [4.78, 5) is 12.3. The van der Waals surface area contributed by atoms with Gasteiger partial charge in [-0.05, 0) is 35.3 Å². The summed E-state index contributed by atoms with van der Waals surface area (Å²) in [5.74, 6) is 0.628. The predicted molar refractivity (Wildman–Crippen MR) is 69.2 cm³/mol. The van der Waals surface area contributed by atoms with Gasteiger partial charge in [-0.15, -0.1) is 11.3 Å². The molecule has 0 aliphatic carbocycles. The van der Waals surface area contributed by atoms with Crippen molar-refractivity contribution in [2.75, 3.05) is 20.2 Å². The smallest absolute Gasteiger partial charge is 0.261 e. The minimum atomic E-state index is -0.0639. The van der Waals surface area contributed by atoms with Crippen molar-refractivity contribution in [2.45, 2.75) is 12.8 Å². The molecule has 16 heavy (non-hydrogen) atoms. The van der Waals surface area contributed by atoms with Gasteiger partial charge in [-0.25, -0.2) is 0 Å². The van der Waals surface area contributed by atoms with E-state index in [4.69, 9.17) is 10.5 Å². The first kappa shape index (κ1) is 13.5. The molecule has 1 amide bonds. The number of methoxy groups -OCH3 is 1. The molecule has 4 nitrogen and oxygen atoms in total. The van der Waals surface area contributed by atoms with Gasteiger partial charge in [0.1, 0.15) is 9.54 Å². The summed E-state index contributed by atoms with van der Waals surface area (Å²) in [6.45, 7) is 1.32. The minimum absolute atomic E-state index is 0.0639. The van der Waals surface area contributed by atoms with Crippen molar-refractivity contribution < 1.29 is 9.53 Å². The third-order valence-electron chi connectivity index (χ3n) is 2.02. The summed E-state index contributed by atoms with van der Waals surface area (Å²) in [6, 6.07) is 1.73. The topological polar surface area (TPSA) is 64.3 Å². The molecule has 0 unspecified atom stereocenters. The zero-order valence-electron chi connectivity index (χ0n) is 9.09. The Morgan fingerprint density at radius 3 is 2.94 bits per heavy atom. The van der Waals surface area contributed by atoms with Crippen LogP contribution in [0.4, 0.5) is 0 Å². The maximum Gasteiger partial charge on any atom is 0.261 e. The van der Waals surface area contributed by atoms with E-state index in [1.165, 1.54) is 11.3 Å². The number of carbonyl (C=O) groups excluding carboxylic acids is 1. The van der Waals surface area contributed by atoms with Crippen molar-refractivity contribution in [3.05, 3.63) is 14.7 Å². The fourth-order valence-electron chi connectivity index (χ4n) is 1.16. The van der Waals surface area contributed by atoms with Crippen LogP contribution in [0.25, 0.3) is 0 Å². The molecule has 0 aromatic carbocycles. The molecule has 0 atom stereocenters. The molecule has 0 saturated carbocycles. The van der Waals surface area contributed by atoms with Gasteiger partial charge in [0, 0.05) is 12.6 Å². The second-order valence-corrected chi connectivity index (χ2v) is 5.57. The number of nitrogens with two attached hydrogens (primary N) is 1. The first-order chi connectivity index (χ1) is 7.69. The number of carbonyl (C=O) groups is 1. The maximum atomic E-state index is 11.7. The average Bonchev–Trinajstić information content (AvgIpc) is 2.66.